The van der Waals surface area contributed by atoms with Crippen LogP contribution in [0.2, 0.25) is 0 Å². The fraction of sp³-hybridized carbons (Fsp3) is 0.462. The summed E-state index contributed by atoms with van der Waals surface area (Å²) in [4.78, 5) is 27.8. The molecule has 1 atom stereocenters. The summed E-state index contributed by atoms with van der Waals surface area (Å²) in [6.45, 7) is 1.28. The molecule has 31 heavy (non-hydrogen) atoms. The third-order valence-corrected chi connectivity index (χ3v) is 6.97. The van der Waals surface area contributed by atoms with Crippen LogP contribution in [0.1, 0.15) is 37.7 Å². The molecule has 1 heterocycles. The van der Waals surface area contributed by atoms with Crippen molar-refractivity contribution < 1.29 is 14.3 Å². The highest BCUT2D eigenvalue weighted by Gasteiger charge is 2.44. The Morgan fingerprint density at radius 2 is 1.68 bits per heavy atom. The fourth-order valence-electron chi connectivity index (χ4n) is 4.90. The van der Waals surface area contributed by atoms with Gasteiger partial charge >= 0.3 is 0 Å². The number of rotatable bonds is 6. The van der Waals surface area contributed by atoms with E-state index in [0.29, 0.717) is 13.0 Å². The summed E-state index contributed by atoms with van der Waals surface area (Å²) in [5, 5.41) is 2.87. The molecule has 5 nitrogen and oxygen atoms in total. The maximum absolute atomic E-state index is 13.0. The van der Waals surface area contributed by atoms with Crippen LogP contribution in [0.5, 0.6) is 5.75 Å². The number of benzene rings is 2. The van der Waals surface area contributed by atoms with Crippen molar-refractivity contribution in [1.29, 1.82) is 0 Å². The summed E-state index contributed by atoms with van der Waals surface area (Å²) in [7, 11) is 3.36. The van der Waals surface area contributed by atoms with Gasteiger partial charge in [-0.05, 0) is 60.9 Å². The average molecular weight is 421 g/mol. The summed E-state index contributed by atoms with van der Waals surface area (Å²) in [5.74, 6) is 1.29. The molecule has 2 amide bonds. The highest BCUT2D eigenvalue weighted by molar-refractivity contribution is 5.85. The summed E-state index contributed by atoms with van der Waals surface area (Å²) in [6.07, 6.45) is 5.46. The number of carbonyl (C=O) groups excluding carboxylic acids is 2. The van der Waals surface area contributed by atoms with Gasteiger partial charge in [-0.2, -0.15) is 0 Å². The van der Waals surface area contributed by atoms with Crippen molar-refractivity contribution in [3.63, 3.8) is 0 Å². The summed E-state index contributed by atoms with van der Waals surface area (Å²) < 4.78 is 5.24. The fourth-order valence-corrected chi connectivity index (χ4v) is 4.90. The largest absolute Gasteiger partial charge is 0.497 e. The van der Waals surface area contributed by atoms with Gasteiger partial charge in [0.1, 0.15) is 5.75 Å². The number of piperidine rings is 1. The molecule has 1 saturated carbocycles. The monoisotopic (exact) mass is 420 g/mol. The first-order valence-corrected chi connectivity index (χ1v) is 11.3. The SMILES string of the molecule is CNC(=O)[C@]1(Cc2ccc(-c3ccc(OC)cc3)cc2)CCCN(C(=O)C2CCC2)C1. The number of likely N-dealkylation sites (tertiary alicyclic amines) is 1. The van der Waals surface area contributed by atoms with Crippen LogP contribution in [0.25, 0.3) is 11.1 Å². The minimum Gasteiger partial charge on any atom is -0.497 e. The number of nitrogens with one attached hydrogen (secondary N) is 1. The van der Waals surface area contributed by atoms with E-state index < -0.39 is 5.41 Å². The first-order chi connectivity index (χ1) is 15.0. The van der Waals surface area contributed by atoms with Crippen molar-refractivity contribution in [2.45, 2.75) is 38.5 Å². The van der Waals surface area contributed by atoms with E-state index in [1.807, 2.05) is 29.2 Å². The van der Waals surface area contributed by atoms with Crippen LogP contribution >= 0.6 is 0 Å². The van der Waals surface area contributed by atoms with Crippen LogP contribution in [-0.2, 0) is 16.0 Å². The Hall–Kier alpha value is -2.82. The van der Waals surface area contributed by atoms with Crippen molar-refractivity contribution in [2.75, 3.05) is 27.2 Å². The molecule has 4 rings (SSSR count). The number of carbonyl (C=O) groups is 2. The molecule has 0 unspecified atom stereocenters. The Kier molecular flexibility index (Phi) is 6.30. The van der Waals surface area contributed by atoms with E-state index in [1.165, 1.54) is 0 Å². The Morgan fingerprint density at radius 1 is 1.03 bits per heavy atom. The topological polar surface area (TPSA) is 58.6 Å². The molecule has 1 aliphatic carbocycles. The zero-order chi connectivity index (χ0) is 21.8. The van der Waals surface area contributed by atoms with Crippen LogP contribution in [0.3, 0.4) is 0 Å². The lowest BCUT2D eigenvalue weighted by atomic mass is 9.73. The molecule has 0 radical (unpaired) electrons. The third-order valence-electron chi connectivity index (χ3n) is 6.97. The number of nitrogens with zero attached hydrogens (tertiary/aromatic N) is 1. The minimum atomic E-state index is -0.561. The van der Waals surface area contributed by atoms with Gasteiger partial charge in [0.25, 0.3) is 0 Å². The Bertz CT molecular complexity index is 919. The molecule has 1 saturated heterocycles. The number of hydrogen-bond acceptors (Lipinski definition) is 3. The van der Waals surface area contributed by atoms with E-state index in [2.05, 4.69) is 29.6 Å². The van der Waals surface area contributed by atoms with E-state index in [-0.39, 0.29) is 17.7 Å². The van der Waals surface area contributed by atoms with E-state index in [9.17, 15) is 9.59 Å². The molecular formula is C26H32N2O3. The smallest absolute Gasteiger partial charge is 0.228 e. The summed E-state index contributed by atoms with van der Waals surface area (Å²) >= 11 is 0. The highest BCUT2D eigenvalue weighted by atomic mass is 16.5. The van der Waals surface area contributed by atoms with Crippen molar-refractivity contribution in [1.82, 2.24) is 10.2 Å². The van der Waals surface area contributed by atoms with Gasteiger partial charge in [0, 0.05) is 26.1 Å². The van der Waals surface area contributed by atoms with E-state index in [0.717, 1.165) is 61.1 Å². The van der Waals surface area contributed by atoms with E-state index >= 15 is 0 Å². The second-order valence-corrected chi connectivity index (χ2v) is 8.95. The number of ether oxygens (including phenoxy) is 1. The molecule has 0 bridgehead atoms. The van der Waals surface area contributed by atoms with Crippen LogP contribution in [0.15, 0.2) is 48.5 Å². The number of hydrogen-bond donors (Lipinski definition) is 1. The van der Waals surface area contributed by atoms with Gasteiger partial charge in [0.05, 0.1) is 12.5 Å². The van der Waals surface area contributed by atoms with Gasteiger partial charge in [-0.3, -0.25) is 9.59 Å². The zero-order valence-electron chi connectivity index (χ0n) is 18.5. The van der Waals surface area contributed by atoms with Gasteiger partial charge in [-0.25, -0.2) is 0 Å². The lowest BCUT2D eigenvalue weighted by Crippen LogP contribution is -2.55. The Balaban J connectivity index is 1.52. The maximum atomic E-state index is 13.0. The van der Waals surface area contributed by atoms with Gasteiger partial charge in [-0.15, -0.1) is 0 Å². The molecule has 164 valence electrons. The van der Waals surface area contributed by atoms with Gasteiger partial charge in [-0.1, -0.05) is 42.8 Å². The van der Waals surface area contributed by atoms with Crippen molar-refractivity contribution in [3.05, 3.63) is 54.1 Å². The normalized spacial score (nSPS) is 21.3. The molecule has 1 N–H and O–H groups in total. The summed E-state index contributed by atoms with van der Waals surface area (Å²) in [6, 6.07) is 16.4. The molecule has 0 spiro atoms. The van der Waals surface area contributed by atoms with E-state index in [1.54, 1.807) is 14.2 Å². The summed E-state index contributed by atoms with van der Waals surface area (Å²) in [5.41, 5.74) is 2.82. The van der Waals surface area contributed by atoms with Gasteiger partial charge in [0.15, 0.2) is 0 Å². The molecule has 5 heteroatoms. The quantitative estimate of drug-likeness (QED) is 0.767. The highest BCUT2D eigenvalue weighted by Crippen LogP contribution is 2.37. The molecule has 2 aromatic carbocycles. The second kappa shape index (κ2) is 9.13. The second-order valence-electron chi connectivity index (χ2n) is 8.95. The zero-order valence-corrected chi connectivity index (χ0v) is 18.5. The molecular weight excluding hydrogens is 388 g/mol. The van der Waals surface area contributed by atoms with Crippen LogP contribution in [-0.4, -0.2) is 44.0 Å². The first kappa shape index (κ1) is 21.4. The van der Waals surface area contributed by atoms with Crippen molar-refractivity contribution >= 4 is 11.8 Å². The number of amides is 2. The molecule has 2 fully saturated rings. The molecule has 0 aromatic heterocycles. The molecule has 2 aliphatic rings. The maximum Gasteiger partial charge on any atom is 0.228 e. The van der Waals surface area contributed by atoms with Crippen molar-refractivity contribution in [2.24, 2.45) is 11.3 Å². The Morgan fingerprint density at radius 3 is 2.23 bits per heavy atom. The van der Waals surface area contributed by atoms with Gasteiger partial charge < -0.3 is 15.0 Å². The van der Waals surface area contributed by atoms with E-state index in [4.69, 9.17) is 4.74 Å². The lowest BCUT2D eigenvalue weighted by molar-refractivity contribution is -0.146. The minimum absolute atomic E-state index is 0.0397. The number of methoxy groups -OCH3 is 1. The average Bonchev–Trinajstić information content (AvgIpc) is 2.78. The van der Waals surface area contributed by atoms with Crippen LogP contribution in [0, 0.1) is 11.3 Å². The first-order valence-electron chi connectivity index (χ1n) is 11.3. The van der Waals surface area contributed by atoms with Gasteiger partial charge in [0.2, 0.25) is 11.8 Å². The van der Waals surface area contributed by atoms with Crippen LogP contribution < -0.4 is 10.1 Å². The molecule has 2 aromatic rings. The standard InChI is InChI=1S/C26H32N2O3/c1-27-25(30)26(15-4-16-28(18-26)24(29)22-5-3-6-22)17-19-7-9-20(10-8-19)21-11-13-23(31-2)14-12-21/h7-14,22H,3-6,15-18H2,1-2H3,(H,27,30)/t26-/m0/s1. The predicted molar refractivity (Wildman–Crippen MR) is 122 cm³/mol. The Labute approximate surface area is 184 Å². The van der Waals surface area contributed by atoms with Crippen molar-refractivity contribution in [3.8, 4) is 16.9 Å². The van der Waals surface area contributed by atoms with Crippen LogP contribution in [0.4, 0.5) is 0 Å². The third kappa shape index (κ3) is 4.46. The lowest BCUT2D eigenvalue weighted by Gasteiger charge is -2.43. The molecule has 1 aliphatic heterocycles. The predicted octanol–water partition coefficient (Wildman–Crippen LogP) is 4.06.